The molecule has 2 nitrogen and oxygen atoms in total. The predicted octanol–water partition coefficient (Wildman–Crippen LogP) is 1.03. The molecule has 0 aromatic rings. The Morgan fingerprint density at radius 1 is 1.30 bits per heavy atom. The van der Waals surface area contributed by atoms with Gasteiger partial charge >= 0.3 is 0 Å². The van der Waals surface area contributed by atoms with Gasteiger partial charge in [-0.3, -0.25) is 0 Å². The summed E-state index contributed by atoms with van der Waals surface area (Å²) in [6, 6.07) is 0. The van der Waals surface area contributed by atoms with E-state index in [9.17, 15) is 0 Å². The lowest BCUT2D eigenvalue weighted by molar-refractivity contribution is 0.212. The first-order chi connectivity index (χ1) is 4.77. The van der Waals surface area contributed by atoms with Crippen LogP contribution in [0.4, 0.5) is 0 Å². The van der Waals surface area contributed by atoms with Crippen LogP contribution in [0.1, 0.15) is 38.5 Å². The Labute approximate surface area is 62.4 Å². The second kappa shape index (κ2) is 3.35. The first-order valence-electron chi connectivity index (χ1n) is 4.17. The highest BCUT2D eigenvalue weighted by Crippen LogP contribution is 2.33. The van der Waals surface area contributed by atoms with Crippen molar-refractivity contribution < 1.29 is 5.11 Å². The van der Waals surface area contributed by atoms with Crippen LogP contribution in [0.15, 0.2) is 0 Å². The van der Waals surface area contributed by atoms with Crippen molar-refractivity contribution in [2.45, 2.75) is 44.1 Å². The van der Waals surface area contributed by atoms with E-state index in [1.807, 2.05) is 0 Å². The normalized spacial score (nSPS) is 22.2. The second-order valence-corrected chi connectivity index (χ2v) is 3.40. The average molecular weight is 143 g/mol. The largest absolute Gasteiger partial charge is 0.396 e. The average Bonchev–Trinajstić information content (AvgIpc) is 1.85. The summed E-state index contributed by atoms with van der Waals surface area (Å²) in [6.45, 7) is 0.316. The van der Waals surface area contributed by atoms with Gasteiger partial charge in [0.2, 0.25) is 0 Å². The zero-order chi connectivity index (χ0) is 7.45. The molecule has 1 saturated carbocycles. The van der Waals surface area contributed by atoms with Crippen LogP contribution in [0.2, 0.25) is 0 Å². The SMILES string of the molecule is NC1(CCCCO)CCC1. The van der Waals surface area contributed by atoms with E-state index in [2.05, 4.69) is 0 Å². The van der Waals surface area contributed by atoms with Crippen LogP contribution in [-0.2, 0) is 0 Å². The number of aliphatic hydroxyl groups excluding tert-OH is 1. The van der Waals surface area contributed by atoms with E-state index in [1.165, 1.54) is 19.3 Å². The van der Waals surface area contributed by atoms with Crippen LogP contribution in [0, 0.1) is 0 Å². The van der Waals surface area contributed by atoms with Crippen molar-refractivity contribution in [3.63, 3.8) is 0 Å². The van der Waals surface area contributed by atoms with Gasteiger partial charge in [-0.2, -0.15) is 0 Å². The van der Waals surface area contributed by atoms with Crippen LogP contribution >= 0.6 is 0 Å². The molecule has 0 aromatic heterocycles. The maximum Gasteiger partial charge on any atom is 0.0431 e. The van der Waals surface area contributed by atoms with Crippen LogP contribution in [0.25, 0.3) is 0 Å². The molecule has 1 aliphatic carbocycles. The summed E-state index contributed by atoms with van der Waals surface area (Å²) in [4.78, 5) is 0. The lowest BCUT2D eigenvalue weighted by Crippen LogP contribution is -2.46. The Hall–Kier alpha value is -0.0800. The smallest absolute Gasteiger partial charge is 0.0431 e. The summed E-state index contributed by atoms with van der Waals surface area (Å²) in [5.74, 6) is 0. The number of unbranched alkanes of at least 4 members (excludes halogenated alkanes) is 1. The van der Waals surface area contributed by atoms with Gasteiger partial charge in [0.1, 0.15) is 0 Å². The first-order valence-corrected chi connectivity index (χ1v) is 4.17. The highest BCUT2D eigenvalue weighted by Gasteiger charge is 2.31. The number of hydrogen-bond acceptors (Lipinski definition) is 2. The Kier molecular flexibility index (Phi) is 2.69. The van der Waals surface area contributed by atoms with Gasteiger partial charge in [0.25, 0.3) is 0 Å². The van der Waals surface area contributed by atoms with Crippen molar-refractivity contribution in [2.75, 3.05) is 6.61 Å². The van der Waals surface area contributed by atoms with Gasteiger partial charge in [0.15, 0.2) is 0 Å². The third-order valence-electron chi connectivity index (χ3n) is 2.43. The van der Waals surface area contributed by atoms with E-state index in [0.717, 1.165) is 19.3 Å². The Bertz CT molecular complexity index is 99.4. The molecule has 0 saturated heterocycles. The molecule has 1 fully saturated rings. The molecule has 0 aromatic carbocycles. The zero-order valence-electron chi connectivity index (χ0n) is 6.47. The molecule has 0 bridgehead atoms. The third kappa shape index (κ3) is 1.96. The highest BCUT2D eigenvalue weighted by atomic mass is 16.2. The lowest BCUT2D eigenvalue weighted by atomic mass is 9.74. The number of nitrogens with two attached hydrogens (primary N) is 1. The van der Waals surface area contributed by atoms with Crippen molar-refractivity contribution in [1.29, 1.82) is 0 Å². The van der Waals surface area contributed by atoms with Gasteiger partial charge in [0, 0.05) is 12.1 Å². The molecule has 0 amide bonds. The quantitative estimate of drug-likeness (QED) is 0.577. The summed E-state index contributed by atoms with van der Waals surface area (Å²) in [6.07, 6.45) is 6.80. The number of rotatable bonds is 4. The van der Waals surface area contributed by atoms with Crippen molar-refractivity contribution in [2.24, 2.45) is 5.73 Å². The molecule has 1 rings (SSSR count). The van der Waals surface area contributed by atoms with Crippen molar-refractivity contribution in [3.8, 4) is 0 Å². The van der Waals surface area contributed by atoms with E-state index in [0.29, 0.717) is 6.61 Å². The van der Waals surface area contributed by atoms with Crippen molar-refractivity contribution in [3.05, 3.63) is 0 Å². The van der Waals surface area contributed by atoms with E-state index in [-0.39, 0.29) is 5.54 Å². The molecule has 1 aliphatic rings. The van der Waals surface area contributed by atoms with Crippen LogP contribution in [0.3, 0.4) is 0 Å². The fourth-order valence-corrected chi connectivity index (χ4v) is 1.47. The molecule has 0 spiro atoms. The van der Waals surface area contributed by atoms with Gasteiger partial charge in [-0.05, 0) is 38.5 Å². The third-order valence-corrected chi connectivity index (χ3v) is 2.43. The second-order valence-electron chi connectivity index (χ2n) is 3.40. The summed E-state index contributed by atoms with van der Waals surface area (Å²) in [7, 11) is 0. The molecule has 0 radical (unpaired) electrons. The standard InChI is InChI=1S/C8H17NO/c9-8(5-3-6-8)4-1-2-7-10/h10H,1-7,9H2. The number of hydrogen-bond donors (Lipinski definition) is 2. The maximum atomic E-state index is 8.51. The molecule has 2 heteroatoms. The minimum atomic E-state index is 0.162. The minimum Gasteiger partial charge on any atom is -0.396 e. The fourth-order valence-electron chi connectivity index (χ4n) is 1.47. The summed E-state index contributed by atoms with van der Waals surface area (Å²) in [5, 5.41) is 8.51. The van der Waals surface area contributed by atoms with Crippen LogP contribution in [-0.4, -0.2) is 17.3 Å². The van der Waals surface area contributed by atoms with Crippen LogP contribution < -0.4 is 5.73 Å². The Balaban J connectivity index is 2.01. The molecule has 10 heavy (non-hydrogen) atoms. The molecule has 60 valence electrons. The van der Waals surface area contributed by atoms with E-state index < -0.39 is 0 Å². The summed E-state index contributed by atoms with van der Waals surface area (Å²) < 4.78 is 0. The lowest BCUT2D eigenvalue weighted by Gasteiger charge is -2.38. The molecule has 0 unspecified atom stereocenters. The van der Waals surface area contributed by atoms with Crippen molar-refractivity contribution >= 4 is 0 Å². The zero-order valence-corrected chi connectivity index (χ0v) is 6.47. The molecule has 0 atom stereocenters. The van der Waals surface area contributed by atoms with E-state index in [1.54, 1.807) is 0 Å². The molecule has 0 heterocycles. The van der Waals surface area contributed by atoms with Gasteiger partial charge in [-0.1, -0.05) is 0 Å². The van der Waals surface area contributed by atoms with Gasteiger partial charge < -0.3 is 10.8 Å². The predicted molar refractivity (Wildman–Crippen MR) is 41.7 cm³/mol. The van der Waals surface area contributed by atoms with Gasteiger partial charge in [-0.15, -0.1) is 0 Å². The minimum absolute atomic E-state index is 0.162. The monoisotopic (exact) mass is 143 g/mol. The molecule has 3 N–H and O–H groups in total. The first kappa shape index (κ1) is 8.02. The van der Waals surface area contributed by atoms with Crippen LogP contribution in [0.5, 0.6) is 0 Å². The van der Waals surface area contributed by atoms with Crippen molar-refractivity contribution in [1.82, 2.24) is 0 Å². The van der Waals surface area contributed by atoms with E-state index >= 15 is 0 Å². The molecular formula is C8H17NO. The number of aliphatic hydroxyl groups is 1. The fraction of sp³-hybridized carbons (Fsp3) is 1.00. The maximum absolute atomic E-state index is 8.51. The topological polar surface area (TPSA) is 46.2 Å². The molecular weight excluding hydrogens is 126 g/mol. The summed E-state index contributed by atoms with van der Waals surface area (Å²) >= 11 is 0. The van der Waals surface area contributed by atoms with Gasteiger partial charge in [-0.25, -0.2) is 0 Å². The Morgan fingerprint density at radius 3 is 2.40 bits per heavy atom. The summed E-state index contributed by atoms with van der Waals surface area (Å²) in [5.41, 5.74) is 6.12. The van der Waals surface area contributed by atoms with E-state index in [4.69, 9.17) is 10.8 Å². The Morgan fingerprint density at radius 2 is 2.00 bits per heavy atom. The highest BCUT2D eigenvalue weighted by molar-refractivity contribution is 4.91. The van der Waals surface area contributed by atoms with Gasteiger partial charge in [0.05, 0.1) is 0 Å². The molecule has 0 aliphatic heterocycles.